The van der Waals surface area contributed by atoms with E-state index >= 15 is 0 Å². The first-order valence-electron chi connectivity index (χ1n) is 9.98. The number of carbonyl (C=O) groups excluding carboxylic acids is 1. The summed E-state index contributed by atoms with van der Waals surface area (Å²) < 4.78 is 0. The zero-order valence-corrected chi connectivity index (χ0v) is 17.7. The number of pyridine rings is 1. The first-order valence-corrected chi connectivity index (χ1v) is 9.98. The van der Waals surface area contributed by atoms with Gasteiger partial charge in [0, 0.05) is 34.9 Å². The van der Waals surface area contributed by atoms with Gasteiger partial charge in [-0.3, -0.25) is 4.79 Å². The molecular formula is C25H23N5O. The molecule has 0 saturated carbocycles. The van der Waals surface area contributed by atoms with Crippen LogP contribution in [0.2, 0.25) is 0 Å². The summed E-state index contributed by atoms with van der Waals surface area (Å²) in [6.45, 7) is 6.01. The largest absolute Gasteiger partial charge is 0.339 e. The van der Waals surface area contributed by atoms with Gasteiger partial charge >= 0.3 is 0 Å². The van der Waals surface area contributed by atoms with Gasteiger partial charge in [0.1, 0.15) is 12.1 Å². The topological polar surface area (TPSA) is 79.8 Å². The Labute approximate surface area is 181 Å². The summed E-state index contributed by atoms with van der Waals surface area (Å²) >= 11 is 0. The number of benzene rings is 2. The van der Waals surface area contributed by atoms with Crippen LogP contribution in [0.3, 0.4) is 0 Å². The van der Waals surface area contributed by atoms with Crippen molar-refractivity contribution >= 4 is 23.1 Å². The van der Waals surface area contributed by atoms with E-state index in [4.69, 9.17) is 0 Å². The Kier molecular flexibility index (Phi) is 5.71. The van der Waals surface area contributed by atoms with Crippen LogP contribution in [0.1, 0.15) is 27.0 Å². The van der Waals surface area contributed by atoms with Gasteiger partial charge in [-0.25, -0.2) is 15.0 Å². The normalized spacial score (nSPS) is 10.5. The SMILES string of the molecule is Cc1cc(C)cc(NC(=O)c2ccc(C)c(Nc3ncccc3-c3ccncn3)c2)c1. The number of aromatic nitrogens is 3. The minimum Gasteiger partial charge on any atom is -0.339 e. The zero-order chi connectivity index (χ0) is 21.8. The summed E-state index contributed by atoms with van der Waals surface area (Å²) in [4.78, 5) is 25.7. The number of carbonyl (C=O) groups is 1. The second kappa shape index (κ2) is 8.75. The first-order chi connectivity index (χ1) is 15.0. The van der Waals surface area contributed by atoms with Crippen molar-refractivity contribution in [2.45, 2.75) is 20.8 Å². The summed E-state index contributed by atoms with van der Waals surface area (Å²) in [6, 6.07) is 17.2. The first kappa shape index (κ1) is 20.2. The molecule has 0 bridgehead atoms. The van der Waals surface area contributed by atoms with Gasteiger partial charge in [0.05, 0.1) is 5.69 Å². The maximum atomic E-state index is 12.9. The summed E-state index contributed by atoms with van der Waals surface area (Å²) in [5, 5.41) is 6.35. The summed E-state index contributed by atoms with van der Waals surface area (Å²) in [5.41, 5.74) is 6.99. The van der Waals surface area contributed by atoms with Crippen LogP contribution in [0.5, 0.6) is 0 Å². The molecule has 2 N–H and O–H groups in total. The molecule has 0 radical (unpaired) electrons. The fourth-order valence-corrected chi connectivity index (χ4v) is 3.44. The number of anilines is 3. The van der Waals surface area contributed by atoms with E-state index in [-0.39, 0.29) is 5.91 Å². The van der Waals surface area contributed by atoms with E-state index in [2.05, 4.69) is 31.7 Å². The van der Waals surface area contributed by atoms with Crippen molar-refractivity contribution in [2.75, 3.05) is 10.6 Å². The molecule has 2 aromatic heterocycles. The van der Waals surface area contributed by atoms with Gasteiger partial charge in [-0.1, -0.05) is 12.1 Å². The predicted molar refractivity (Wildman–Crippen MR) is 124 cm³/mol. The molecule has 2 heterocycles. The standard InChI is InChI=1S/C25H23N5O/c1-16-11-17(2)13-20(12-16)29-25(31)19-7-6-18(3)23(14-19)30-24-21(5-4-9-27-24)22-8-10-26-15-28-22/h4-15H,1-3H3,(H,27,30)(H,29,31). The molecule has 0 saturated heterocycles. The molecule has 31 heavy (non-hydrogen) atoms. The van der Waals surface area contributed by atoms with E-state index in [1.165, 1.54) is 6.33 Å². The Hall–Kier alpha value is -4.06. The average Bonchev–Trinajstić information content (AvgIpc) is 2.75. The van der Waals surface area contributed by atoms with Gasteiger partial charge < -0.3 is 10.6 Å². The molecular weight excluding hydrogens is 386 g/mol. The number of nitrogens with zero attached hydrogens (tertiary/aromatic N) is 3. The molecule has 4 aromatic rings. The van der Waals surface area contributed by atoms with Crippen LogP contribution < -0.4 is 10.6 Å². The highest BCUT2D eigenvalue weighted by Crippen LogP contribution is 2.28. The number of hydrogen-bond acceptors (Lipinski definition) is 5. The summed E-state index contributed by atoms with van der Waals surface area (Å²) in [6.07, 6.45) is 4.93. The molecule has 0 fully saturated rings. The number of hydrogen-bond donors (Lipinski definition) is 2. The zero-order valence-electron chi connectivity index (χ0n) is 17.7. The van der Waals surface area contributed by atoms with E-state index < -0.39 is 0 Å². The van der Waals surface area contributed by atoms with Crippen molar-refractivity contribution in [3.05, 3.63) is 95.6 Å². The Morgan fingerprint density at radius 1 is 0.871 bits per heavy atom. The number of amides is 1. The molecule has 1 amide bonds. The fourth-order valence-electron chi connectivity index (χ4n) is 3.44. The van der Waals surface area contributed by atoms with Crippen LogP contribution in [-0.4, -0.2) is 20.9 Å². The maximum absolute atomic E-state index is 12.9. The molecule has 0 unspecified atom stereocenters. The predicted octanol–water partition coefficient (Wildman–Crippen LogP) is 5.46. The van der Waals surface area contributed by atoms with Gasteiger partial charge in [0.25, 0.3) is 5.91 Å². The molecule has 0 aliphatic rings. The molecule has 0 atom stereocenters. The Bertz CT molecular complexity index is 1220. The van der Waals surface area contributed by atoms with Crippen LogP contribution in [-0.2, 0) is 0 Å². The number of aryl methyl sites for hydroxylation is 3. The lowest BCUT2D eigenvalue weighted by molar-refractivity contribution is 0.102. The minimum absolute atomic E-state index is 0.162. The van der Waals surface area contributed by atoms with E-state index in [0.29, 0.717) is 11.4 Å². The highest BCUT2D eigenvalue weighted by molar-refractivity contribution is 6.05. The molecule has 154 valence electrons. The molecule has 0 spiro atoms. The smallest absolute Gasteiger partial charge is 0.255 e. The van der Waals surface area contributed by atoms with Crippen LogP contribution in [0, 0.1) is 20.8 Å². The van der Waals surface area contributed by atoms with Crippen LogP contribution in [0.4, 0.5) is 17.2 Å². The maximum Gasteiger partial charge on any atom is 0.255 e. The van der Waals surface area contributed by atoms with Crippen molar-refractivity contribution < 1.29 is 4.79 Å². The lowest BCUT2D eigenvalue weighted by Gasteiger charge is -2.14. The third-order valence-electron chi connectivity index (χ3n) is 4.90. The highest BCUT2D eigenvalue weighted by Gasteiger charge is 2.12. The van der Waals surface area contributed by atoms with Crippen molar-refractivity contribution in [3.63, 3.8) is 0 Å². The number of nitrogens with one attached hydrogen (secondary N) is 2. The quantitative estimate of drug-likeness (QED) is 0.457. The van der Waals surface area contributed by atoms with Gasteiger partial charge in [-0.2, -0.15) is 0 Å². The molecule has 2 aromatic carbocycles. The van der Waals surface area contributed by atoms with Crippen LogP contribution >= 0.6 is 0 Å². The second-order valence-corrected chi connectivity index (χ2v) is 7.48. The van der Waals surface area contributed by atoms with Gasteiger partial charge in [0.15, 0.2) is 0 Å². The monoisotopic (exact) mass is 409 g/mol. The Morgan fingerprint density at radius 2 is 1.68 bits per heavy atom. The Balaban J connectivity index is 1.61. The van der Waals surface area contributed by atoms with E-state index in [0.717, 1.165) is 39.3 Å². The average molecular weight is 409 g/mol. The van der Waals surface area contributed by atoms with Crippen molar-refractivity contribution in [1.82, 2.24) is 15.0 Å². The van der Waals surface area contributed by atoms with Gasteiger partial charge in [-0.05, 0) is 79.9 Å². The van der Waals surface area contributed by atoms with Gasteiger partial charge in [-0.15, -0.1) is 0 Å². The van der Waals surface area contributed by atoms with Gasteiger partial charge in [0.2, 0.25) is 0 Å². The van der Waals surface area contributed by atoms with Crippen LogP contribution in [0.15, 0.2) is 73.3 Å². The second-order valence-electron chi connectivity index (χ2n) is 7.48. The minimum atomic E-state index is -0.162. The Morgan fingerprint density at radius 3 is 2.42 bits per heavy atom. The van der Waals surface area contributed by atoms with E-state index in [1.807, 2.05) is 69.3 Å². The third kappa shape index (κ3) is 4.75. The van der Waals surface area contributed by atoms with Crippen molar-refractivity contribution in [2.24, 2.45) is 0 Å². The highest BCUT2D eigenvalue weighted by atomic mass is 16.1. The summed E-state index contributed by atoms with van der Waals surface area (Å²) in [5.74, 6) is 0.501. The third-order valence-corrected chi connectivity index (χ3v) is 4.90. The molecule has 6 heteroatoms. The van der Waals surface area contributed by atoms with Crippen molar-refractivity contribution in [3.8, 4) is 11.3 Å². The molecule has 0 aliphatic heterocycles. The van der Waals surface area contributed by atoms with Crippen molar-refractivity contribution in [1.29, 1.82) is 0 Å². The summed E-state index contributed by atoms with van der Waals surface area (Å²) in [7, 11) is 0. The number of rotatable bonds is 5. The molecule has 6 nitrogen and oxygen atoms in total. The lowest BCUT2D eigenvalue weighted by Crippen LogP contribution is -2.12. The van der Waals surface area contributed by atoms with Crippen LogP contribution in [0.25, 0.3) is 11.3 Å². The fraction of sp³-hybridized carbons (Fsp3) is 0.120. The van der Waals surface area contributed by atoms with E-state index in [1.54, 1.807) is 12.4 Å². The lowest BCUT2D eigenvalue weighted by atomic mass is 10.1. The van der Waals surface area contributed by atoms with E-state index in [9.17, 15) is 4.79 Å². The molecule has 4 rings (SSSR count). The molecule has 0 aliphatic carbocycles.